The van der Waals surface area contributed by atoms with Gasteiger partial charge in [-0.2, -0.15) is 0 Å². The van der Waals surface area contributed by atoms with Gasteiger partial charge in [0.05, 0.1) is 12.8 Å². The van der Waals surface area contributed by atoms with Gasteiger partial charge >= 0.3 is 0 Å². The Morgan fingerprint density at radius 3 is 2.76 bits per heavy atom. The molecule has 0 spiro atoms. The summed E-state index contributed by atoms with van der Waals surface area (Å²) in [5.41, 5.74) is 2.00. The Hall–Kier alpha value is -1.46. The lowest BCUT2D eigenvalue weighted by atomic mass is 10.1. The minimum Gasteiger partial charge on any atom is -0.494 e. The molecule has 1 heterocycles. The quantitative estimate of drug-likeness (QED) is 0.869. The number of ether oxygens (including phenoxy) is 1. The van der Waals surface area contributed by atoms with Crippen molar-refractivity contribution in [3.63, 3.8) is 0 Å². The summed E-state index contributed by atoms with van der Waals surface area (Å²) in [7, 11) is 1.47. The van der Waals surface area contributed by atoms with Crippen molar-refractivity contribution in [2.45, 2.75) is 33.2 Å². The van der Waals surface area contributed by atoms with Crippen LogP contribution in [0.3, 0.4) is 0 Å². The van der Waals surface area contributed by atoms with Gasteiger partial charge in [-0.15, -0.1) is 11.3 Å². The largest absolute Gasteiger partial charge is 0.494 e. The van der Waals surface area contributed by atoms with E-state index in [0.29, 0.717) is 5.92 Å². The Kier molecular flexibility index (Phi) is 5.31. The van der Waals surface area contributed by atoms with E-state index in [4.69, 9.17) is 9.72 Å². The van der Waals surface area contributed by atoms with Crippen molar-refractivity contribution in [2.24, 2.45) is 0 Å². The number of aromatic nitrogens is 1. The Morgan fingerprint density at radius 2 is 2.14 bits per heavy atom. The molecule has 0 bridgehead atoms. The second-order valence-corrected chi connectivity index (χ2v) is 6.20. The minimum atomic E-state index is -0.352. The molecule has 0 amide bonds. The predicted molar refractivity (Wildman–Crippen MR) is 85.5 cm³/mol. The van der Waals surface area contributed by atoms with Crippen LogP contribution in [0, 0.1) is 5.82 Å². The smallest absolute Gasteiger partial charge is 0.165 e. The first-order chi connectivity index (χ1) is 10.1. The molecule has 0 fully saturated rings. The van der Waals surface area contributed by atoms with Crippen molar-refractivity contribution in [1.29, 1.82) is 0 Å². The topological polar surface area (TPSA) is 34.1 Å². The van der Waals surface area contributed by atoms with Crippen LogP contribution in [0.2, 0.25) is 0 Å². The SMILES string of the molecule is CCNCc1sc(-c2ccc(F)c(OC)c2)nc1C(C)C. The molecule has 1 aromatic carbocycles. The van der Waals surface area contributed by atoms with E-state index in [1.807, 2.05) is 0 Å². The first-order valence-electron chi connectivity index (χ1n) is 7.11. The van der Waals surface area contributed by atoms with Gasteiger partial charge < -0.3 is 10.1 Å². The van der Waals surface area contributed by atoms with Gasteiger partial charge in [0.2, 0.25) is 0 Å². The van der Waals surface area contributed by atoms with Crippen LogP contribution in [0.25, 0.3) is 10.6 Å². The zero-order valence-corrected chi connectivity index (χ0v) is 13.7. The van der Waals surface area contributed by atoms with Gasteiger partial charge in [0, 0.05) is 17.0 Å². The maximum atomic E-state index is 13.5. The lowest BCUT2D eigenvalue weighted by molar-refractivity contribution is 0.387. The molecular formula is C16H21FN2OS. The second-order valence-electron chi connectivity index (χ2n) is 5.11. The molecule has 1 aromatic heterocycles. The van der Waals surface area contributed by atoms with Crippen molar-refractivity contribution in [1.82, 2.24) is 10.3 Å². The number of rotatable bonds is 6. The van der Waals surface area contributed by atoms with Crippen molar-refractivity contribution in [3.8, 4) is 16.3 Å². The van der Waals surface area contributed by atoms with Gasteiger partial charge in [0.15, 0.2) is 11.6 Å². The van der Waals surface area contributed by atoms with Crippen molar-refractivity contribution in [2.75, 3.05) is 13.7 Å². The molecular weight excluding hydrogens is 287 g/mol. The summed E-state index contributed by atoms with van der Waals surface area (Å²) in [6, 6.07) is 4.88. The summed E-state index contributed by atoms with van der Waals surface area (Å²) < 4.78 is 18.6. The van der Waals surface area contributed by atoms with Crippen LogP contribution >= 0.6 is 11.3 Å². The van der Waals surface area contributed by atoms with Crippen LogP contribution in [0.1, 0.15) is 37.3 Å². The molecule has 0 atom stereocenters. The van der Waals surface area contributed by atoms with E-state index in [1.54, 1.807) is 23.5 Å². The molecule has 2 rings (SSSR count). The minimum absolute atomic E-state index is 0.252. The number of halogens is 1. The van der Waals surface area contributed by atoms with Crippen LogP contribution in [0.5, 0.6) is 5.75 Å². The normalized spacial score (nSPS) is 11.1. The van der Waals surface area contributed by atoms with E-state index >= 15 is 0 Å². The van der Waals surface area contributed by atoms with E-state index in [-0.39, 0.29) is 11.6 Å². The summed E-state index contributed by atoms with van der Waals surface area (Å²) in [6.45, 7) is 8.11. The Morgan fingerprint density at radius 1 is 1.38 bits per heavy atom. The summed E-state index contributed by atoms with van der Waals surface area (Å²) in [5.74, 6) is 0.266. The van der Waals surface area contributed by atoms with E-state index in [1.165, 1.54) is 18.1 Å². The highest BCUT2D eigenvalue weighted by Gasteiger charge is 2.16. The molecule has 21 heavy (non-hydrogen) atoms. The Bertz CT molecular complexity index is 610. The monoisotopic (exact) mass is 308 g/mol. The highest BCUT2D eigenvalue weighted by molar-refractivity contribution is 7.15. The fraction of sp³-hybridized carbons (Fsp3) is 0.438. The molecule has 114 valence electrons. The molecule has 3 nitrogen and oxygen atoms in total. The van der Waals surface area contributed by atoms with Crippen LogP contribution < -0.4 is 10.1 Å². The molecule has 0 aliphatic rings. The third-order valence-corrected chi connectivity index (χ3v) is 4.33. The molecule has 0 unspecified atom stereocenters. The number of thiazole rings is 1. The Labute approximate surface area is 129 Å². The molecule has 0 radical (unpaired) electrons. The summed E-state index contributed by atoms with van der Waals surface area (Å²) in [4.78, 5) is 5.98. The number of nitrogens with zero attached hydrogens (tertiary/aromatic N) is 1. The predicted octanol–water partition coefficient (Wildman–Crippen LogP) is 4.19. The standard InChI is InChI=1S/C16H21FN2OS/c1-5-18-9-14-15(10(2)3)19-16(21-14)11-6-7-12(17)13(8-11)20-4/h6-8,10,18H,5,9H2,1-4H3. The first kappa shape index (κ1) is 15.9. The summed E-state index contributed by atoms with van der Waals surface area (Å²) >= 11 is 1.65. The highest BCUT2D eigenvalue weighted by atomic mass is 32.1. The summed E-state index contributed by atoms with van der Waals surface area (Å²) in [6.07, 6.45) is 0. The maximum absolute atomic E-state index is 13.5. The fourth-order valence-corrected chi connectivity index (χ4v) is 3.28. The van der Waals surface area contributed by atoms with Gasteiger partial charge in [0.25, 0.3) is 0 Å². The van der Waals surface area contributed by atoms with E-state index in [9.17, 15) is 4.39 Å². The fourth-order valence-electron chi connectivity index (χ4n) is 2.10. The number of methoxy groups -OCH3 is 1. The van der Waals surface area contributed by atoms with Gasteiger partial charge in [-0.1, -0.05) is 20.8 Å². The molecule has 0 aliphatic carbocycles. The van der Waals surface area contributed by atoms with Crippen LogP contribution in [-0.2, 0) is 6.54 Å². The zero-order valence-electron chi connectivity index (χ0n) is 12.9. The number of hydrogen-bond acceptors (Lipinski definition) is 4. The van der Waals surface area contributed by atoms with Gasteiger partial charge in [-0.3, -0.25) is 0 Å². The van der Waals surface area contributed by atoms with Gasteiger partial charge in [-0.05, 0) is 30.7 Å². The number of hydrogen-bond donors (Lipinski definition) is 1. The first-order valence-corrected chi connectivity index (χ1v) is 7.92. The van der Waals surface area contributed by atoms with E-state index < -0.39 is 0 Å². The lowest BCUT2D eigenvalue weighted by Crippen LogP contribution is -2.12. The van der Waals surface area contributed by atoms with Gasteiger partial charge in [0.1, 0.15) is 5.01 Å². The summed E-state index contributed by atoms with van der Waals surface area (Å²) in [5, 5.41) is 4.25. The average molecular weight is 308 g/mol. The molecule has 0 aliphatic heterocycles. The maximum Gasteiger partial charge on any atom is 0.165 e. The third kappa shape index (κ3) is 3.60. The second kappa shape index (κ2) is 7.00. The van der Waals surface area contributed by atoms with Crippen LogP contribution in [0.15, 0.2) is 18.2 Å². The van der Waals surface area contributed by atoms with Gasteiger partial charge in [-0.25, -0.2) is 9.37 Å². The third-order valence-electron chi connectivity index (χ3n) is 3.21. The van der Waals surface area contributed by atoms with Crippen molar-refractivity contribution >= 4 is 11.3 Å². The molecule has 5 heteroatoms. The van der Waals surface area contributed by atoms with Crippen LogP contribution in [0.4, 0.5) is 4.39 Å². The number of benzene rings is 1. The molecule has 0 saturated carbocycles. The zero-order chi connectivity index (χ0) is 15.4. The van der Waals surface area contributed by atoms with Crippen molar-refractivity contribution in [3.05, 3.63) is 34.6 Å². The molecule has 1 N–H and O–H groups in total. The Balaban J connectivity index is 2.39. The number of nitrogens with one attached hydrogen (secondary N) is 1. The molecule has 2 aromatic rings. The molecule has 0 saturated heterocycles. The average Bonchev–Trinajstić information content (AvgIpc) is 2.90. The van der Waals surface area contributed by atoms with E-state index in [2.05, 4.69) is 26.1 Å². The lowest BCUT2D eigenvalue weighted by Gasteiger charge is -2.05. The van der Waals surface area contributed by atoms with Crippen LogP contribution in [-0.4, -0.2) is 18.6 Å². The van der Waals surface area contributed by atoms with E-state index in [0.717, 1.165) is 29.4 Å². The van der Waals surface area contributed by atoms with Crippen molar-refractivity contribution < 1.29 is 9.13 Å². The highest BCUT2D eigenvalue weighted by Crippen LogP contribution is 2.33.